The number of anilines is 1. The molecule has 10 heteroatoms. The van der Waals surface area contributed by atoms with Crippen LogP contribution in [0.5, 0.6) is 0 Å². The van der Waals surface area contributed by atoms with Crippen molar-refractivity contribution >= 4 is 11.8 Å². The second-order valence-corrected chi connectivity index (χ2v) is 9.71. The number of hydrogen-bond acceptors (Lipinski definition) is 7. The zero-order valence-corrected chi connectivity index (χ0v) is 22.0. The van der Waals surface area contributed by atoms with Gasteiger partial charge in [-0.15, -0.1) is 0 Å². The van der Waals surface area contributed by atoms with E-state index in [2.05, 4.69) is 24.1 Å². The van der Waals surface area contributed by atoms with E-state index < -0.39 is 42.6 Å². The Morgan fingerprint density at radius 3 is 2.32 bits per heavy atom. The standard InChI is InChI=1S/C27H43F2N3O5/c1-2-3-4-5-6-7-8-9-10-11-12-13-14-15-16-17-23(33)36-20-21-24(34)27(28,29)25(37-21)32-19-18-22(30)31-26(32)35/h9-10,18-19,21,24-25,34H,2-8,11-17,20H2,1H3,(H2,30,31,35)/b10-9+/t21?,24-,25?/m1/s1. The molecule has 0 aliphatic carbocycles. The third-order valence-corrected chi connectivity index (χ3v) is 6.53. The Kier molecular flexibility index (Phi) is 13.8. The van der Waals surface area contributed by atoms with Gasteiger partial charge in [0.25, 0.3) is 0 Å². The molecule has 2 unspecified atom stereocenters. The first-order valence-corrected chi connectivity index (χ1v) is 13.6. The van der Waals surface area contributed by atoms with Crippen molar-refractivity contribution in [3.63, 3.8) is 0 Å². The van der Waals surface area contributed by atoms with E-state index in [1.165, 1.54) is 44.6 Å². The number of nitrogen functional groups attached to an aromatic ring is 1. The fraction of sp³-hybridized carbons (Fsp3) is 0.741. The van der Waals surface area contributed by atoms with Crippen molar-refractivity contribution < 1.29 is 28.2 Å². The first-order valence-electron chi connectivity index (χ1n) is 13.6. The molecule has 37 heavy (non-hydrogen) atoms. The first-order chi connectivity index (χ1) is 17.8. The van der Waals surface area contributed by atoms with Crippen LogP contribution in [-0.4, -0.2) is 45.4 Å². The van der Waals surface area contributed by atoms with Crippen LogP contribution in [0.3, 0.4) is 0 Å². The van der Waals surface area contributed by atoms with Crippen LogP contribution in [0.1, 0.15) is 103 Å². The average molecular weight is 528 g/mol. The van der Waals surface area contributed by atoms with Gasteiger partial charge in [-0.2, -0.15) is 13.8 Å². The number of esters is 1. The molecule has 210 valence electrons. The van der Waals surface area contributed by atoms with E-state index in [4.69, 9.17) is 15.2 Å². The topological polar surface area (TPSA) is 117 Å². The number of carbonyl (C=O) groups is 1. The monoisotopic (exact) mass is 527 g/mol. The molecular weight excluding hydrogens is 484 g/mol. The lowest BCUT2D eigenvalue weighted by Gasteiger charge is -2.20. The molecule has 0 aromatic carbocycles. The smallest absolute Gasteiger partial charge is 0.351 e. The van der Waals surface area contributed by atoms with Gasteiger partial charge in [-0.25, -0.2) is 4.79 Å². The molecule has 1 aliphatic heterocycles. The van der Waals surface area contributed by atoms with Gasteiger partial charge in [-0.05, 0) is 38.2 Å². The van der Waals surface area contributed by atoms with Crippen LogP contribution in [0.4, 0.5) is 14.6 Å². The SMILES string of the molecule is CCCCCCCC/C=C/CCCCCCCC(=O)OCC1OC(n2ccc(N)nc2=O)C(F)(F)[C@@H]1O. The second kappa shape index (κ2) is 16.5. The Hall–Kier alpha value is -2.33. The molecule has 2 rings (SSSR count). The number of aromatic nitrogens is 2. The zero-order chi connectivity index (χ0) is 27.1. The van der Waals surface area contributed by atoms with Crippen molar-refractivity contribution in [3.05, 3.63) is 34.9 Å². The van der Waals surface area contributed by atoms with E-state index in [1.54, 1.807) is 0 Å². The average Bonchev–Trinajstić information content (AvgIpc) is 3.08. The van der Waals surface area contributed by atoms with E-state index in [9.17, 15) is 23.5 Å². The number of nitrogens with two attached hydrogens (primary N) is 1. The largest absolute Gasteiger partial charge is 0.463 e. The van der Waals surface area contributed by atoms with Crippen LogP contribution in [-0.2, 0) is 14.3 Å². The van der Waals surface area contributed by atoms with Crippen molar-refractivity contribution in [1.82, 2.24) is 9.55 Å². The van der Waals surface area contributed by atoms with Crippen molar-refractivity contribution in [2.45, 2.75) is 121 Å². The maximum absolute atomic E-state index is 14.5. The number of rotatable bonds is 18. The fourth-order valence-corrected chi connectivity index (χ4v) is 4.30. The van der Waals surface area contributed by atoms with Crippen LogP contribution >= 0.6 is 0 Å². The molecule has 0 radical (unpaired) electrons. The summed E-state index contributed by atoms with van der Waals surface area (Å²) in [7, 11) is 0. The number of aliphatic hydroxyl groups is 1. The van der Waals surface area contributed by atoms with Gasteiger partial charge in [0.15, 0.2) is 6.10 Å². The molecule has 0 amide bonds. The highest BCUT2D eigenvalue weighted by atomic mass is 19.3. The molecule has 2 heterocycles. The quantitative estimate of drug-likeness (QED) is 0.151. The normalized spacial score (nSPS) is 21.0. The maximum atomic E-state index is 14.5. The van der Waals surface area contributed by atoms with E-state index in [-0.39, 0.29) is 12.2 Å². The summed E-state index contributed by atoms with van der Waals surface area (Å²) in [6.07, 6.45) is 14.8. The molecule has 3 atom stereocenters. The lowest BCUT2D eigenvalue weighted by molar-refractivity contribution is -0.150. The van der Waals surface area contributed by atoms with Crippen molar-refractivity contribution in [3.8, 4) is 0 Å². The highest BCUT2D eigenvalue weighted by Gasteiger charge is 2.60. The van der Waals surface area contributed by atoms with Gasteiger partial charge < -0.3 is 20.3 Å². The summed E-state index contributed by atoms with van der Waals surface area (Å²) in [5, 5.41) is 9.99. The number of alkyl halides is 2. The van der Waals surface area contributed by atoms with Crippen LogP contribution < -0.4 is 11.4 Å². The summed E-state index contributed by atoms with van der Waals surface area (Å²) in [5.41, 5.74) is 4.35. The third kappa shape index (κ3) is 10.5. The van der Waals surface area contributed by atoms with Crippen LogP contribution in [0, 0.1) is 0 Å². The van der Waals surface area contributed by atoms with Gasteiger partial charge in [-0.1, -0.05) is 70.4 Å². The molecule has 0 saturated carbocycles. The van der Waals surface area contributed by atoms with E-state index in [0.717, 1.165) is 44.7 Å². The van der Waals surface area contributed by atoms with E-state index in [0.29, 0.717) is 11.0 Å². The molecule has 1 fully saturated rings. The number of halogens is 2. The highest BCUT2D eigenvalue weighted by molar-refractivity contribution is 5.69. The summed E-state index contributed by atoms with van der Waals surface area (Å²) in [5.74, 6) is -4.43. The molecule has 1 saturated heterocycles. The highest BCUT2D eigenvalue weighted by Crippen LogP contribution is 2.42. The van der Waals surface area contributed by atoms with Gasteiger partial charge in [0.2, 0.25) is 6.23 Å². The molecule has 0 spiro atoms. The van der Waals surface area contributed by atoms with Gasteiger partial charge >= 0.3 is 17.6 Å². The fourth-order valence-electron chi connectivity index (χ4n) is 4.30. The second-order valence-electron chi connectivity index (χ2n) is 9.71. The zero-order valence-electron chi connectivity index (χ0n) is 22.0. The number of aliphatic hydroxyl groups excluding tert-OH is 1. The minimum Gasteiger partial charge on any atom is -0.463 e. The summed E-state index contributed by atoms with van der Waals surface area (Å²) in [6.45, 7) is 1.70. The number of nitrogens with zero attached hydrogens (tertiary/aromatic N) is 2. The number of ether oxygens (including phenoxy) is 2. The Bertz CT molecular complexity index is 893. The number of allylic oxidation sites excluding steroid dienone is 2. The minimum absolute atomic E-state index is 0.121. The minimum atomic E-state index is -3.78. The molecule has 0 bridgehead atoms. The number of carbonyl (C=O) groups excluding carboxylic acids is 1. The van der Waals surface area contributed by atoms with Crippen LogP contribution in [0.15, 0.2) is 29.2 Å². The van der Waals surface area contributed by atoms with Gasteiger partial charge in [0, 0.05) is 12.6 Å². The number of hydrogen-bond donors (Lipinski definition) is 2. The van der Waals surface area contributed by atoms with E-state index in [1.807, 2.05) is 0 Å². The summed E-state index contributed by atoms with van der Waals surface area (Å²) in [6, 6.07) is 1.18. The Morgan fingerprint density at radius 2 is 1.70 bits per heavy atom. The van der Waals surface area contributed by atoms with Gasteiger partial charge in [-0.3, -0.25) is 9.36 Å². The van der Waals surface area contributed by atoms with Crippen LogP contribution in [0.2, 0.25) is 0 Å². The molecule has 1 aromatic rings. The number of unbranched alkanes of at least 4 members (excludes halogenated alkanes) is 11. The summed E-state index contributed by atoms with van der Waals surface area (Å²) in [4.78, 5) is 27.3. The van der Waals surface area contributed by atoms with Gasteiger partial charge in [0.05, 0.1) is 0 Å². The third-order valence-electron chi connectivity index (χ3n) is 6.53. The molecule has 1 aromatic heterocycles. The van der Waals surface area contributed by atoms with E-state index >= 15 is 0 Å². The Labute approximate surface area is 218 Å². The molecule has 1 aliphatic rings. The predicted octanol–water partition coefficient (Wildman–Crippen LogP) is 5.30. The van der Waals surface area contributed by atoms with Gasteiger partial charge in [0.1, 0.15) is 18.5 Å². The predicted molar refractivity (Wildman–Crippen MR) is 138 cm³/mol. The summed E-state index contributed by atoms with van der Waals surface area (Å²) >= 11 is 0. The molecule has 8 nitrogen and oxygen atoms in total. The molecular formula is C27H43F2N3O5. The first kappa shape index (κ1) is 30.9. The molecule has 3 N–H and O–H groups in total. The van der Waals surface area contributed by atoms with Crippen LogP contribution in [0.25, 0.3) is 0 Å². The Morgan fingerprint density at radius 1 is 1.11 bits per heavy atom. The van der Waals surface area contributed by atoms with Crippen molar-refractivity contribution in [1.29, 1.82) is 0 Å². The lowest BCUT2D eigenvalue weighted by Crippen LogP contribution is -2.42. The maximum Gasteiger partial charge on any atom is 0.351 e. The lowest BCUT2D eigenvalue weighted by atomic mass is 10.1. The van der Waals surface area contributed by atoms with Crippen molar-refractivity contribution in [2.24, 2.45) is 0 Å². The Balaban J connectivity index is 1.54. The summed E-state index contributed by atoms with van der Waals surface area (Å²) < 4.78 is 39.8. The van der Waals surface area contributed by atoms with Crippen molar-refractivity contribution in [2.75, 3.05) is 12.3 Å².